The normalized spacial score (nSPS) is 28.3. The molecule has 3 fully saturated rings. The van der Waals surface area contributed by atoms with Crippen LogP contribution < -0.4 is 0 Å². The van der Waals surface area contributed by atoms with Gasteiger partial charge in [0.05, 0.1) is 6.54 Å². The molecule has 0 N–H and O–H groups in total. The molecule has 2 saturated heterocycles. The Morgan fingerprint density at radius 2 is 2.04 bits per heavy atom. The van der Waals surface area contributed by atoms with Gasteiger partial charge in [0.25, 0.3) is 0 Å². The van der Waals surface area contributed by atoms with Gasteiger partial charge in [-0.25, -0.2) is 0 Å². The minimum Gasteiger partial charge on any atom is -0.342 e. The molecule has 7 nitrogen and oxygen atoms in total. The standard InChI is InChI=1S/C20H33N5O2/c1-15(2)19-21-17(22-27-19)13-24-11-10-23(3)20(14-24)7-6-18(26)25(9-8-20)12-16-4-5-16/h15-16H,4-14H2,1-3H3/t20-/m1/s1. The van der Waals surface area contributed by atoms with E-state index in [-0.39, 0.29) is 11.5 Å². The average Bonchev–Trinajstić information content (AvgIpc) is 3.36. The number of amides is 1. The molecule has 1 amide bonds. The molecule has 4 rings (SSSR count). The van der Waals surface area contributed by atoms with Crippen LogP contribution in [0.1, 0.15) is 63.6 Å². The Labute approximate surface area is 162 Å². The summed E-state index contributed by atoms with van der Waals surface area (Å²) in [7, 11) is 2.23. The van der Waals surface area contributed by atoms with Crippen LogP contribution in [0, 0.1) is 5.92 Å². The Bertz CT molecular complexity index is 671. The van der Waals surface area contributed by atoms with Gasteiger partial charge in [-0.2, -0.15) is 4.98 Å². The Balaban J connectivity index is 1.42. The molecule has 0 bridgehead atoms. The van der Waals surface area contributed by atoms with Gasteiger partial charge in [0.2, 0.25) is 11.8 Å². The summed E-state index contributed by atoms with van der Waals surface area (Å²) in [6, 6.07) is 0. The van der Waals surface area contributed by atoms with Crippen molar-refractivity contribution >= 4 is 5.91 Å². The third-order valence-corrected chi connectivity index (χ3v) is 6.60. The predicted molar refractivity (Wildman–Crippen MR) is 102 cm³/mol. The van der Waals surface area contributed by atoms with Crippen LogP contribution in [0.5, 0.6) is 0 Å². The highest BCUT2D eigenvalue weighted by molar-refractivity contribution is 5.76. The highest BCUT2D eigenvalue weighted by Gasteiger charge is 2.43. The monoisotopic (exact) mass is 375 g/mol. The second-order valence-corrected chi connectivity index (χ2v) is 9.09. The highest BCUT2D eigenvalue weighted by Crippen LogP contribution is 2.35. The number of piperazine rings is 1. The van der Waals surface area contributed by atoms with Crippen molar-refractivity contribution in [3.05, 3.63) is 11.7 Å². The van der Waals surface area contributed by atoms with Gasteiger partial charge >= 0.3 is 0 Å². The Hall–Kier alpha value is -1.47. The van der Waals surface area contributed by atoms with E-state index in [4.69, 9.17) is 4.52 Å². The first-order valence-corrected chi connectivity index (χ1v) is 10.5. The number of carbonyl (C=O) groups is 1. The van der Waals surface area contributed by atoms with Crippen LogP contribution in [-0.4, -0.2) is 76.1 Å². The maximum Gasteiger partial charge on any atom is 0.229 e. The van der Waals surface area contributed by atoms with Crippen molar-refractivity contribution in [3.63, 3.8) is 0 Å². The van der Waals surface area contributed by atoms with Gasteiger partial charge in [-0.15, -0.1) is 0 Å². The summed E-state index contributed by atoms with van der Waals surface area (Å²) < 4.78 is 5.37. The van der Waals surface area contributed by atoms with E-state index in [0.717, 1.165) is 63.9 Å². The zero-order valence-electron chi connectivity index (χ0n) is 17.0. The number of aromatic nitrogens is 2. The largest absolute Gasteiger partial charge is 0.342 e. The van der Waals surface area contributed by atoms with Crippen molar-refractivity contribution in [2.24, 2.45) is 5.92 Å². The quantitative estimate of drug-likeness (QED) is 0.785. The lowest BCUT2D eigenvalue weighted by Crippen LogP contribution is -2.60. The Kier molecular flexibility index (Phi) is 5.25. The van der Waals surface area contributed by atoms with E-state index >= 15 is 0 Å². The van der Waals surface area contributed by atoms with E-state index in [1.807, 2.05) is 0 Å². The number of hydrogen-bond acceptors (Lipinski definition) is 6. The summed E-state index contributed by atoms with van der Waals surface area (Å²) >= 11 is 0. The lowest BCUT2D eigenvalue weighted by molar-refractivity contribution is -0.131. The minimum atomic E-state index is 0.0802. The van der Waals surface area contributed by atoms with Gasteiger partial charge < -0.3 is 9.42 Å². The number of rotatable bonds is 5. The van der Waals surface area contributed by atoms with E-state index in [9.17, 15) is 4.79 Å². The smallest absolute Gasteiger partial charge is 0.229 e. The van der Waals surface area contributed by atoms with Crippen molar-refractivity contribution in [3.8, 4) is 0 Å². The van der Waals surface area contributed by atoms with Crippen molar-refractivity contribution in [1.82, 2.24) is 24.8 Å². The molecule has 0 radical (unpaired) electrons. The first-order valence-electron chi connectivity index (χ1n) is 10.5. The molecule has 7 heteroatoms. The molecule has 1 aromatic heterocycles. The van der Waals surface area contributed by atoms with E-state index in [2.05, 4.69) is 45.7 Å². The van der Waals surface area contributed by atoms with Crippen LogP contribution >= 0.6 is 0 Å². The summed E-state index contributed by atoms with van der Waals surface area (Å²) in [5.41, 5.74) is 0.0802. The Morgan fingerprint density at radius 1 is 1.22 bits per heavy atom. The van der Waals surface area contributed by atoms with Crippen LogP contribution in [0.3, 0.4) is 0 Å². The van der Waals surface area contributed by atoms with E-state index < -0.39 is 0 Å². The molecule has 1 saturated carbocycles. The average molecular weight is 376 g/mol. The van der Waals surface area contributed by atoms with Crippen molar-refractivity contribution in [1.29, 1.82) is 0 Å². The fourth-order valence-electron chi connectivity index (χ4n) is 4.48. The van der Waals surface area contributed by atoms with Crippen LogP contribution in [0.2, 0.25) is 0 Å². The SMILES string of the molecule is CC(C)c1nc(CN2CCN(C)[C@@]3(CCC(=O)N(CC4CC4)CC3)C2)no1. The van der Waals surface area contributed by atoms with Gasteiger partial charge in [-0.3, -0.25) is 14.6 Å². The number of carbonyl (C=O) groups excluding carboxylic acids is 1. The molecule has 3 aliphatic rings. The number of likely N-dealkylation sites (tertiary alicyclic amines) is 1. The second kappa shape index (κ2) is 7.51. The maximum atomic E-state index is 12.6. The third-order valence-electron chi connectivity index (χ3n) is 6.60. The Morgan fingerprint density at radius 3 is 2.74 bits per heavy atom. The summed E-state index contributed by atoms with van der Waals surface area (Å²) in [5, 5.41) is 4.16. The van der Waals surface area contributed by atoms with Gasteiger partial charge in [-0.05, 0) is 38.6 Å². The van der Waals surface area contributed by atoms with Crippen LogP contribution in [0.25, 0.3) is 0 Å². The summed E-state index contributed by atoms with van der Waals surface area (Å²) in [4.78, 5) is 24.2. The molecule has 0 unspecified atom stereocenters. The molecular weight excluding hydrogens is 342 g/mol. The number of nitrogens with zero attached hydrogens (tertiary/aromatic N) is 5. The first-order chi connectivity index (χ1) is 12.9. The molecule has 3 heterocycles. The predicted octanol–water partition coefficient (Wildman–Crippen LogP) is 2.10. The van der Waals surface area contributed by atoms with Gasteiger partial charge in [0, 0.05) is 50.6 Å². The van der Waals surface area contributed by atoms with E-state index in [1.165, 1.54) is 12.8 Å². The van der Waals surface area contributed by atoms with Gasteiger partial charge in [0.1, 0.15) is 0 Å². The maximum absolute atomic E-state index is 12.6. The van der Waals surface area contributed by atoms with Crippen molar-refractivity contribution < 1.29 is 9.32 Å². The highest BCUT2D eigenvalue weighted by atomic mass is 16.5. The summed E-state index contributed by atoms with van der Waals surface area (Å²) in [6.45, 7) is 9.73. The second-order valence-electron chi connectivity index (χ2n) is 9.09. The topological polar surface area (TPSA) is 65.7 Å². The molecule has 27 heavy (non-hydrogen) atoms. The minimum absolute atomic E-state index is 0.0802. The molecule has 150 valence electrons. The molecule has 2 aliphatic heterocycles. The van der Waals surface area contributed by atoms with Gasteiger partial charge in [0.15, 0.2) is 5.82 Å². The van der Waals surface area contributed by atoms with Crippen LogP contribution in [0.4, 0.5) is 0 Å². The summed E-state index contributed by atoms with van der Waals surface area (Å²) in [6.07, 6.45) is 5.27. The van der Waals surface area contributed by atoms with Gasteiger partial charge in [-0.1, -0.05) is 19.0 Å². The van der Waals surface area contributed by atoms with Crippen LogP contribution in [0.15, 0.2) is 4.52 Å². The zero-order valence-corrected chi connectivity index (χ0v) is 17.0. The van der Waals surface area contributed by atoms with E-state index in [0.29, 0.717) is 18.2 Å². The first kappa shape index (κ1) is 18.9. The van der Waals surface area contributed by atoms with Crippen molar-refractivity contribution in [2.75, 3.05) is 39.8 Å². The number of hydrogen-bond donors (Lipinski definition) is 0. The molecule has 1 aliphatic carbocycles. The lowest BCUT2D eigenvalue weighted by atomic mass is 9.86. The fourth-order valence-corrected chi connectivity index (χ4v) is 4.48. The lowest BCUT2D eigenvalue weighted by Gasteiger charge is -2.49. The molecule has 1 atom stereocenters. The van der Waals surface area contributed by atoms with E-state index in [1.54, 1.807) is 0 Å². The van der Waals surface area contributed by atoms with Crippen molar-refractivity contribution in [2.45, 2.75) is 64.0 Å². The molecular formula is C20H33N5O2. The zero-order chi connectivity index (χ0) is 19.0. The molecule has 0 aromatic carbocycles. The number of likely N-dealkylation sites (N-methyl/N-ethyl adjacent to an activating group) is 1. The molecule has 1 spiro atoms. The molecule has 1 aromatic rings. The van der Waals surface area contributed by atoms with Crippen LogP contribution in [-0.2, 0) is 11.3 Å². The third kappa shape index (κ3) is 4.19. The summed E-state index contributed by atoms with van der Waals surface area (Å²) in [5.74, 6) is 2.86. The fraction of sp³-hybridized carbons (Fsp3) is 0.850.